The van der Waals surface area contributed by atoms with Crippen LogP contribution in [-0.2, 0) is 32.2 Å². The number of imide groups is 1. The first-order valence-corrected chi connectivity index (χ1v) is 14.6. The average Bonchev–Trinajstić information content (AvgIpc) is 3.36. The first kappa shape index (κ1) is 27.1. The summed E-state index contributed by atoms with van der Waals surface area (Å²) in [5, 5.41) is 0. The van der Waals surface area contributed by atoms with Crippen molar-refractivity contribution >= 4 is 26.7 Å². The van der Waals surface area contributed by atoms with Crippen LogP contribution in [-0.4, -0.2) is 38.0 Å². The zero-order chi connectivity index (χ0) is 28.0. The van der Waals surface area contributed by atoms with Gasteiger partial charge in [0.05, 0.1) is 21.8 Å². The van der Waals surface area contributed by atoms with E-state index in [-0.39, 0.29) is 22.8 Å². The molecule has 0 N–H and O–H groups in total. The Balaban J connectivity index is 1.59. The normalized spacial score (nSPS) is 16.4. The fourth-order valence-corrected chi connectivity index (χ4v) is 6.44. The Morgan fingerprint density at radius 2 is 1.32 bits per heavy atom. The second kappa shape index (κ2) is 12.1. The first-order chi connectivity index (χ1) is 19.4. The Bertz CT molecular complexity index is 1590. The van der Waals surface area contributed by atoms with Crippen LogP contribution >= 0.6 is 0 Å². The van der Waals surface area contributed by atoms with Gasteiger partial charge in [0.15, 0.2) is 0 Å². The van der Waals surface area contributed by atoms with E-state index in [1.54, 1.807) is 48.5 Å². The number of ether oxygens (including phenoxy) is 1. The third-order valence-corrected chi connectivity index (χ3v) is 8.73. The van der Waals surface area contributed by atoms with Crippen LogP contribution in [0.4, 0.5) is 4.79 Å². The largest absolute Gasteiger partial charge is 0.447 e. The van der Waals surface area contributed by atoms with Crippen molar-refractivity contribution in [1.82, 2.24) is 4.90 Å². The molecule has 7 heteroatoms. The summed E-state index contributed by atoms with van der Waals surface area (Å²) in [7, 11) is -4.00. The molecule has 1 fully saturated rings. The lowest BCUT2D eigenvalue weighted by molar-refractivity contribution is -0.131. The minimum atomic E-state index is -4.00. The minimum Gasteiger partial charge on any atom is -0.447 e. The summed E-state index contributed by atoms with van der Waals surface area (Å²) in [5.74, 6) is -1.44. The molecule has 0 saturated carbocycles. The number of rotatable bonds is 9. The SMILES string of the molecule is O=C1OC[C@H](Cc2ccccc2)N1C(=O)[C@H](/C=C(/c1ccccc1)S(=O)(=O)c1ccccc1)Cc1ccccc1. The van der Waals surface area contributed by atoms with Gasteiger partial charge in [-0.1, -0.05) is 115 Å². The Hall–Kier alpha value is -4.49. The van der Waals surface area contributed by atoms with E-state index in [0.29, 0.717) is 12.0 Å². The number of hydrogen-bond donors (Lipinski definition) is 0. The molecule has 0 spiro atoms. The molecule has 0 radical (unpaired) electrons. The molecule has 40 heavy (non-hydrogen) atoms. The van der Waals surface area contributed by atoms with Gasteiger partial charge in [0.1, 0.15) is 6.61 Å². The van der Waals surface area contributed by atoms with Crippen molar-refractivity contribution in [2.24, 2.45) is 5.92 Å². The van der Waals surface area contributed by atoms with E-state index < -0.39 is 33.8 Å². The molecule has 1 heterocycles. The van der Waals surface area contributed by atoms with Crippen LogP contribution in [0.5, 0.6) is 0 Å². The fourth-order valence-electron chi connectivity index (χ4n) is 4.88. The molecular formula is C33H29NO5S. The van der Waals surface area contributed by atoms with Gasteiger partial charge in [-0.3, -0.25) is 4.79 Å². The number of sulfone groups is 1. The van der Waals surface area contributed by atoms with Gasteiger partial charge in [0, 0.05) is 0 Å². The van der Waals surface area contributed by atoms with Crippen LogP contribution in [0.25, 0.3) is 4.91 Å². The highest BCUT2D eigenvalue weighted by molar-refractivity contribution is 8.00. The highest BCUT2D eigenvalue weighted by Crippen LogP contribution is 2.31. The van der Waals surface area contributed by atoms with Crippen LogP contribution in [0.2, 0.25) is 0 Å². The van der Waals surface area contributed by atoms with Crippen molar-refractivity contribution in [3.8, 4) is 0 Å². The van der Waals surface area contributed by atoms with Crippen LogP contribution < -0.4 is 0 Å². The van der Waals surface area contributed by atoms with Gasteiger partial charge < -0.3 is 4.74 Å². The summed E-state index contributed by atoms with van der Waals surface area (Å²) in [5.41, 5.74) is 2.27. The van der Waals surface area contributed by atoms with Crippen LogP contribution in [0, 0.1) is 5.92 Å². The van der Waals surface area contributed by atoms with E-state index in [9.17, 15) is 18.0 Å². The van der Waals surface area contributed by atoms with Crippen LogP contribution in [0.1, 0.15) is 16.7 Å². The lowest BCUT2D eigenvalue weighted by Gasteiger charge is -2.24. The van der Waals surface area contributed by atoms with Gasteiger partial charge in [-0.2, -0.15) is 0 Å². The second-order valence-corrected chi connectivity index (χ2v) is 11.6. The minimum absolute atomic E-state index is 0.0146. The maximum Gasteiger partial charge on any atom is 0.417 e. The van der Waals surface area contributed by atoms with Gasteiger partial charge in [-0.05, 0) is 41.7 Å². The molecule has 0 aromatic heterocycles. The number of cyclic esters (lactones) is 1. The van der Waals surface area contributed by atoms with E-state index >= 15 is 0 Å². The number of benzene rings is 4. The molecule has 0 unspecified atom stereocenters. The highest BCUT2D eigenvalue weighted by Gasteiger charge is 2.41. The molecule has 1 aliphatic rings. The maximum atomic E-state index is 14.2. The van der Waals surface area contributed by atoms with E-state index in [1.807, 2.05) is 60.7 Å². The van der Waals surface area contributed by atoms with Crippen molar-refractivity contribution in [1.29, 1.82) is 0 Å². The van der Waals surface area contributed by atoms with Crippen LogP contribution in [0.3, 0.4) is 0 Å². The van der Waals surface area contributed by atoms with E-state index in [1.165, 1.54) is 18.2 Å². The van der Waals surface area contributed by atoms with Gasteiger partial charge in [0.25, 0.3) is 0 Å². The van der Waals surface area contributed by atoms with Crippen molar-refractivity contribution in [2.45, 2.75) is 23.8 Å². The van der Waals surface area contributed by atoms with Crippen molar-refractivity contribution in [3.63, 3.8) is 0 Å². The summed E-state index contributed by atoms with van der Waals surface area (Å²) in [6.45, 7) is 0.0785. The zero-order valence-electron chi connectivity index (χ0n) is 21.8. The van der Waals surface area contributed by atoms with Gasteiger partial charge >= 0.3 is 6.09 Å². The van der Waals surface area contributed by atoms with E-state index in [2.05, 4.69) is 0 Å². The molecule has 202 valence electrons. The smallest absolute Gasteiger partial charge is 0.417 e. The van der Waals surface area contributed by atoms with Crippen molar-refractivity contribution in [2.75, 3.05) is 6.61 Å². The maximum absolute atomic E-state index is 14.2. The molecule has 2 atom stereocenters. The first-order valence-electron chi connectivity index (χ1n) is 13.1. The molecule has 1 saturated heterocycles. The Morgan fingerprint density at radius 1 is 0.800 bits per heavy atom. The fraction of sp³-hybridized carbons (Fsp3) is 0.152. The monoisotopic (exact) mass is 551 g/mol. The molecule has 0 bridgehead atoms. The molecular weight excluding hydrogens is 522 g/mol. The molecule has 2 amide bonds. The van der Waals surface area contributed by atoms with Gasteiger partial charge in [-0.25, -0.2) is 18.1 Å². The Kier molecular flexibility index (Phi) is 8.22. The summed E-state index contributed by atoms with van der Waals surface area (Å²) in [4.78, 5) is 28.4. The zero-order valence-corrected chi connectivity index (χ0v) is 22.6. The topological polar surface area (TPSA) is 80.8 Å². The summed E-state index contributed by atoms with van der Waals surface area (Å²) >= 11 is 0. The average molecular weight is 552 g/mol. The predicted octanol–water partition coefficient (Wildman–Crippen LogP) is 5.95. The lowest BCUT2D eigenvalue weighted by Crippen LogP contribution is -2.43. The van der Waals surface area contributed by atoms with Gasteiger partial charge in [0.2, 0.25) is 15.7 Å². The standard InChI is InChI=1S/C33H29NO5S/c35-32(34-29(24-39-33(34)36)22-26-15-7-2-8-16-26)28(21-25-13-5-1-6-14-25)23-31(27-17-9-3-10-18-27)40(37,38)30-19-11-4-12-20-30/h1-20,23,28-29H,21-22,24H2/b31-23-/t28-,29-/m0/s1. The van der Waals surface area contributed by atoms with Gasteiger partial charge in [-0.15, -0.1) is 0 Å². The molecule has 4 aromatic carbocycles. The molecule has 5 rings (SSSR count). The van der Waals surface area contributed by atoms with Crippen molar-refractivity contribution in [3.05, 3.63) is 144 Å². The summed E-state index contributed by atoms with van der Waals surface area (Å²) < 4.78 is 33.2. The molecule has 4 aromatic rings. The summed E-state index contributed by atoms with van der Waals surface area (Å²) in [6, 6.07) is 35.3. The number of carbonyl (C=O) groups excluding carboxylic acids is 2. The Morgan fingerprint density at radius 3 is 1.93 bits per heavy atom. The molecule has 1 aliphatic heterocycles. The lowest BCUT2D eigenvalue weighted by atomic mass is 9.95. The third kappa shape index (κ3) is 6.05. The summed E-state index contributed by atoms with van der Waals surface area (Å²) in [6.07, 6.45) is 1.43. The van der Waals surface area contributed by atoms with E-state index in [0.717, 1.165) is 16.0 Å². The second-order valence-electron chi connectivity index (χ2n) is 9.64. The third-order valence-electron chi connectivity index (χ3n) is 6.88. The Labute approximate surface area is 234 Å². The molecule has 6 nitrogen and oxygen atoms in total. The number of amides is 2. The number of nitrogens with zero attached hydrogens (tertiary/aromatic N) is 1. The van der Waals surface area contributed by atoms with Crippen molar-refractivity contribution < 1.29 is 22.7 Å². The number of carbonyl (C=O) groups is 2. The number of hydrogen-bond acceptors (Lipinski definition) is 5. The van der Waals surface area contributed by atoms with E-state index in [4.69, 9.17) is 4.74 Å². The highest BCUT2D eigenvalue weighted by atomic mass is 32.2. The quantitative estimate of drug-likeness (QED) is 0.257. The molecule has 0 aliphatic carbocycles. The predicted molar refractivity (Wildman–Crippen MR) is 154 cm³/mol. The van der Waals surface area contributed by atoms with Crippen LogP contribution in [0.15, 0.2) is 132 Å².